The molecule has 1 amide bonds. The number of likely N-dealkylation sites (N-methyl/N-ethyl adjacent to an activating group) is 1. The molecular weight excluding hydrogens is 391 g/mol. The summed E-state index contributed by atoms with van der Waals surface area (Å²) < 4.78 is 7.89. The number of carbonyl (C=O) groups excluding carboxylic acids is 1. The third-order valence-electron chi connectivity index (χ3n) is 5.16. The van der Waals surface area contributed by atoms with Gasteiger partial charge in [0.15, 0.2) is 0 Å². The average molecular weight is 423 g/mol. The molecule has 1 aromatic heterocycles. The molecule has 0 unspecified atom stereocenters. The summed E-state index contributed by atoms with van der Waals surface area (Å²) in [6.07, 6.45) is 4.90. The van der Waals surface area contributed by atoms with Gasteiger partial charge in [-0.1, -0.05) is 0 Å². The molecule has 0 bridgehead atoms. The summed E-state index contributed by atoms with van der Waals surface area (Å²) in [5, 5.41) is 4.29. The van der Waals surface area contributed by atoms with Crippen molar-refractivity contribution in [2.75, 3.05) is 59.5 Å². The van der Waals surface area contributed by atoms with Crippen LogP contribution in [0.2, 0.25) is 0 Å². The van der Waals surface area contributed by atoms with Crippen LogP contribution in [-0.4, -0.2) is 96.0 Å². The molecule has 3 heterocycles. The van der Waals surface area contributed by atoms with Gasteiger partial charge in [0.25, 0.3) is 0 Å². The van der Waals surface area contributed by atoms with Crippen LogP contribution in [0.25, 0.3) is 0 Å². The third-order valence-corrected chi connectivity index (χ3v) is 5.16. The molecule has 156 valence electrons. The van der Waals surface area contributed by atoms with Gasteiger partial charge in [0.2, 0.25) is 5.91 Å². The summed E-state index contributed by atoms with van der Waals surface area (Å²) in [6.45, 7) is 6.27. The summed E-state index contributed by atoms with van der Waals surface area (Å²) in [5.74, 6) is -0.0299. The quantitative estimate of drug-likeness (QED) is 0.742. The number of morpholine rings is 1. The molecule has 0 radical (unpaired) electrons. The molecule has 2 aliphatic rings. The smallest absolute Gasteiger partial charge is 0.236 e. The van der Waals surface area contributed by atoms with Crippen molar-refractivity contribution in [3.8, 4) is 0 Å². The fourth-order valence-corrected chi connectivity index (χ4v) is 3.81. The van der Waals surface area contributed by atoms with Crippen LogP contribution in [0.15, 0.2) is 12.4 Å². The van der Waals surface area contributed by atoms with Gasteiger partial charge < -0.3 is 20.3 Å². The van der Waals surface area contributed by atoms with E-state index in [1.54, 1.807) is 4.68 Å². The fraction of sp³-hybridized carbons (Fsp3) is 0.765. The Morgan fingerprint density at radius 3 is 2.67 bits per heavy atom. The molecule has 0 saturated carbocycles. The van der Waals surface area contributed by atoms with Gasteiger partial charge in [-0.25, -0.2) is 0 Å². The maximum atomic E-state index is 12.4. The van der Waals surface area contributed by atoms with Crippen molar-refractivity contribution in [2.24, 2.45) is 12.8 Å². The molecule has 0 aliphatic carbocycles. The number of aryl methyl sites for hydroxylation is 1. The van der Waals surface area contributed by atoms with E-state index in [4.69, 9.17) is 10.5 Å². The van der Waals surface area contributed by atoms with Crippen molar-refractivity contribution in [2.45, 2.75) is 18.6 Å². The van der Waals surface area contributed by atoms with Crippen LogP contribution in [-0.2, 0) is 16.6 Å². The van der Waals surface area contributed by atoms with Gasteiger partial charge in [-0.05, 0) is 26.6 Å². The van der Waals surface area contributed by atoms with Gasteiger partial charge >= 0.3 is 0 Å². The largest absolute Gasteiger partial charge is 0.373 e. The Morgan fingerprint density at radius 1 is 1.22 bits per heavy atom. The molecule has 2 aliphatic heterocycles. The Morgan fingerprint density at radius 2 is 2.00 bits per heavy atom. The molecule has 0 spiro atoms. The van der Waals surface area contributed by atoms with E-state index in [1.165, 1.54) is 0 Å². The predicted molar refractivity (Wildman–Crippen MR) is 110 cm³/mol. The van der Waals surface area contributed by atoms with E-state index < -0.39 is 0 Å². The van der Waals surface area contributed by atoms with E-state index in [-0.39, 0.29) is 49.4 Å². The number of halogens is 2. The van der Waals surface area contributed by atoms with Crippen molar-refractivity contribution in [1.29, 1.82) is 0 Å². The highest BCUT2D eigenvalue weighted by atomic mass is 35.5. The molecule has 2 fully saturated rings. The number of aromatic nitrogens is 2. The minimum Gasteiger partial charge on any atom is -0.373 e. The molecule has 2 atom stereocenters. The molecular formula is C17H32Cl2N6O2. The number of nitrogens with zero attached hydrogens (tertiary/aromatic N) is 5. The minimum atomic E-state index is -0.125. The summed E-state index contributed by atoms with van der Waals surface area (Å²) in [6, 6.07) is -0.125. The first-order chi connectivity index (χ1) is 12.1. The highest BCUT2D eigenvalue weighted by Gasteiger charge is 2.37. The number of hydrogen-bond donors (Lipinski definition) is 1. The van der Waals surface area contributed by atoms with E-state index in [2.05, 4.69) is 21.9 Å². The van der Waals surface area contributed by atoms with E-state index in [9.17, 15) is 4.79 Å². The van der Waals surface area contributed by atoms with Gasteiger partial charge in [0.1, 0.15) is 0 Å². The van der Waals surface area contributed by atoms with E-state index in [0.717, 1.165) is 44.7 Å². The Hall–Kier alpha value is -0.900. The monoisotopic (exact) mass is 422 g/mol. The molecule has 27 heavy (non-hydrogen) atoms. The molecule has 1 aromatic rings. The zero-order chi connectivity index (χ0) is 17.8. The predicted octanol–water partition coefficient (Wildman–Crippen LogP) is 0.128. The first-order valence-corrected chi connectivity index (χ1v) is 9.09. The molecule has 0 aromatic carbocycles. The van der Waals surface area contributed by atoms with Crippen LogP contribution >= 0.6 is 24.8 Å². The highest BCUT2D eigenvalue weighted by molar-refractivity contribution is 5.85. The van der Waals surface area contributed by atoms with Gasteiger partial charge in [-0.3, -0.25) is 14.4 Å². The molecule has 2 N–H and O–H groups in total. The SMILES string of the molecule is CN1CCCN(C[C@@H]2OCCN(C(=O)CN)[C@H]2c2cnn(C)c2)CC1.Cl.Cl. The lowest BCUT2D eigenvalue weighted by molar-refractivity contribution is -0.147. The maximum absolute atomic E-state index is 12.4. The maximum Gasteiger partial charge on any atom is 0.236 e. The lowest BCUT2D eigenvalue weighted by Crippen LogP contribution is -2.53. The first kappa shape index (κ1) is 24.1. The second kappa shape index (κ2) is 11.2. The minimum absolute atomic E-state index is 0. The zero-order valence-electron chi connectivity index (χ0n) is 16.1. The normalized spacial score (nSPS) is 24.6. The Balaban J connectivity index is 0.00000182. The fourth-order valence-electron chi connectivity index (χ4n) is 3.81. The summed E-state index contributed by atoms with van der Waals surface area (Å²) in [5.41, 5.74) is 6.66. The van der Waals surface area contributed by atoms with E-state index in [0.29, 0.717) is 13.2 Å². The van der Waals surface area contributed by atoms with Crippen molar-refractivity contribution in [1.82, 2.24) is 24.5 Å². The summed E-state index contributed by atoms with van der Waals surface area (Å²) in [7, 11) is 4.06. The number of hydrogen-bond acceptors (Lipinski definition) is 6. The summed E-state index contributed by atoms with van der Waals surface area (Å²) in [4.78, 5) is 19.1. The van der Waals surface area contributed by atoms with Crippen LogP contribution in [0.5, 0.6) is 0 Å². The molecule has 8 nitrogen and oxygen atoms in total. The van der Waals surface area contributed by atoms with Gasteiger partial charge in [0.05, 0.1) is 31.5 Å². The summed E-state index contributed by atoms with van der Waals surface area (Å²) >= 11 is 0. The van der Waals surface area contributed by atoms with Gasteiger partial charge in [-0.2, -0.15) is 5.10 Å². The Labute approximate surface area is 173 Å². The van der Waals surface area contributed by atoms with Crippen LogP contribution in [0.1, 0.15) is 18.0 Å². The Bertz CT molecular complexity index is 588. The second-order valence-corrected chi connectivity index (χ2v) is 7.05. The topological polar surface area (TPSA) is 79.9 Å². The lowest BCUT2D eigenvalue weighted by Gasteiger charge is -2.42. The van der Waals surface area contributed by atoms with Crippen LogP contribution < -0.4 is 5.73 Å². The number of carbonyl (C=O) groups is 1. The van der Waals surface area contributed by atoms with Crippen LogP contribution in [0.4, 0.5) is 0 Å². The average Bonchev–Trinajstić information content (AvgIpc) is 2.93. The third kappa shape index (κ3) is 6.04. The number of amides is 1. The van der Waals surface area contributed by atoms with Crippen molar-refractivity contribution >= 4 is 30.7 Å². The van der Waals surface area contributed by atoms with Crippen LogP contribution in [0.3, 0.4) is 0 Å². The van der Waals surface area contributed by atoms with Crippen molar-refractivity contribution in [3.63, 3.8) is 0 Å². The Kier molecular flexibility index (Phi) is 10.0. The van der Waals surface area contributed by atoms with E-state index >= 15 is 0 Å². The van der Waals surface area contributed by atoms with Gasteiger partial charge in [0, 0.05) is 45.0 Å². The zero-order valence-corrected chi connectivity index (χ0v) is 17.8. The first-order valence-electron chi connectivity index (χ1n) is 9.09. The van der Waals surface area contributed by atoms with E-state index in [1.807, 2.05) is 24.3 Å². The molecule has 10 heteroatoms. The van der Waals surface area contributed by atoms with Crippen LogP contribution in [0, 0.1) is 0 Å². The van der Waals surface area contributed by atoms with Crippen molar-refractivity contribution in [3.05, 3.63) is 18.0 Å². The molecule has 2 saturated heterocycles. The standard InChI is InChI=1S/C17H30N6O2.2ClH/c1-20-4-3-5-22(7-6-20)13-15-17(14-11-19-21(2)12-14)23(8-9-25-15)16(24)10-18;;/h11-12,15,17H,3-10,13,18H2,1-2H3;2*1H/t15-,17-;;/m0../s1. The lowest BCUT2D eigenvalue weighted by atomic mass is 10.00. The van der Waals surface area contributed by atoms with Crippen molar-refractivity contribution < 1.29 is 9.53 Å². The second-order valence-electron chi connectivity index (χ2n) is 7.05. The number of ether oxygens (including phenoxy) is 1. The van der Waals surface area contributed by atoms with Gasteiger partial charge in [-0.15, -0.1) is 24.8 Å². The molecule has 3 rings (SSSR count). The number of rotatable bonds is 4. The number of nitrogens with two attached hydrogens (primary N) is 1. The highest BCUT2D eigenvalue weighted by Crippen LogP contribution is 2.30.